The van der Waals surface area contributed by atoms with Crippen LogP contribution in [0.1, 0.15) is 19.3 Å². The molecular formula is C15H20N2O3S. The molecule has 1 saturated heterocycles. The maximum Gasteiger partial charge on any atom is 0.321 e. The van der Waals surface area contributed by atoms with E-state index in [1.54, 1.807) is 16.7 Å². The van der Waals surface area contributed by atoms with E-state index in [4.69, 9.17) is 5.11 Å². The van der Waals surface area contributed by atoms with Crippen molar-refractivity contribution in [3.63, 3.8) is 0 Å². The molecular weight excluding hydrogens is 288 g/mol. The first-order valence-corrected chi connectivity index (χ1v) is 8.23. The van der Waals surface area contributed by atoms with Gasteiger partial charge in [0.1, 0.15) is 0 Å². The number of carbonyl (C=O) groups is 2. The first kappa shape index (κ1) is 15.7. The third kappa shape index (κ3) is 4.39. The van der Waals surface area contributed by atoms with Crippen LogP contribution in [0.25, 0.3) is 0 Å². The van der Waals surface area contributed by atoms with Crippen molar-refractivity contribution in [2.45, 2.75) is 24.2 Å². The molecule has 2 amide bonds. The number of hydrogen-bond acceptors (Lipinski definition) is 3. The van der Waals surface area contributed by atoms with E-state index in [-0.39, 0.29) is 18.4 Å². The SMILES string of the molecule is CSc1ccccc1NC(=O)N1CCC(CC(=O)O)CC1. The third-order valence-electron chi connectivity index (χ3n) is 3.71. The number of nitrogens with one attached hydrogen (secondary N) is 1. The lowest BCUT2D eigenvalue weighted by molar-refractivity contribution is -0.138. The number of carboxylic acids is 1. The second-order valence-corrected chi connectivity index (χ2v) is 6.01. The number of para-hydroxylation sites is 1. The van der Waals surface area contributed by atoms with Crippen molar-refractivity contribution in [1.82, 2.24) is 4.90 Å². The van der Waals surface area contributed by atoms with Crippen molar-refractivity contribution in [3.05, 3.63) is 24.3 Å². The Balaban J connectivity index is 1.89. The molecule has 0 bridgehead atoms. The Morgan fingerprint density at radius 2 is 2.00 bits per heavy atom. The van der Waals surface area contributed by atoms with Gasteiger partial charge >= 0.3 is 12.0 Å². The average Bonchev–Trinajstić information content (AvgIpc) is 2.48. The van der Waals surface area contributed by atoms with Gasteiger partial charge in [-0.1, -0.05) is 12.1 Å². The van der Waals surface area contributed by atoms with E-state index in [0.29, 0.717) is 13.1 Å². The van der Waals surface area contributed by atoms with Crippen molar-refractivity contribution >= 4 is 29.4 Å². The summed E-state index contributed by atoms with van der Waals surface area (Å²) in [5.41, 5.74) is 0.822. The van der Waals surface area contributed by atoms with Crippen LogP contribution in [0.4, 0.5) is 10.5 Å². The number of piperidine rings is 1. The number of rotatable bonds is 4. The van der Waals surface area contributed by atoms with Crippen molar-refractivity contribution in [2.75, 3.05) is 24.7 Å². The topological polar surface area (TPSA) is 69.6 Å². The number of hydrogen-bond donors (Lipinski definition) is 2. The first-order chi connectivity index (χ1) is 10.1. The maximum atomic E-state index is 12.3. The summed E-state index contributed by atoms with van der Waals surface area (Å²) < 4.78 is 0. The molecule has 0 saturated carbocycles. The smallest absolute Gasteiger partial charge is 0.321 e. The average molecular weight is 308 g/mol. The molecule has 21 heavy (non-hydrogen) atoms. The van der Waals surface area contributed by atoms with E-state index < -0.39 is 5.97 Å². The van der Waals surface area contributed by atoms with Crippen LogP contribution in [0.3, 0.4) is 0 Å². The molecule has 0 aromatic heterocycles. The molecule has 1 aliphatic rings. The van der Waals surface area contributed by atoms with Crippen LogP contribution in [0.5, 0.6) is 0 Å². The van der Waals surface area contributed by atoms with Gasteiger partial charge in [-0.2, -0.15) is 0 Å². The predicted octanol–water partition coefficient (Wildman–Crippen LogP) is 3.13. The molecule has 0 atom stereocenters. The van der Waals surface area contributed by atoms with E-state index in [1.807, 2.05) is 30.5 Å². The lowest BCUT2D eigenvalue weighted by Crippen LogP contribution is -2.41. The van der Waals surface area contributed by atoms with Crippen LogP contribution >= 0.6 is 11.8 Å². The molecule has 1 aliphatic heterocycles. The van der Waals surface area contributed by atoms with Gasteiger partial charge in [0, 0.05) is 24.4 Å². The summed E-state index contributed by atoms with van der Waals surface area (Å²) >= 11 is 1.59. The Kier molecular flexibility index (Phi) is 5.50. The fraction of sp³-hybridized carbons (Fsp3) is 0.467. The van der Waals surface area contributed by atoms with Gasteiger partial charge in [0.15, 0.2) is 0 Å². The number of amides is 2. The molecule has 6 heteroatoms. The van der Waals surface area contributed by atoms with Gasteiger partial charge in [-0.3, -0.25) is 4.79 Å². The summed E-state index contributed by atoms with van der Waals surface area (Å²) in [4.78, 5) is 25.7. The molecule has 0 spiro atoms. The summed E-state index contributed by atoms with van der Waals surface area (Å²) in [6.07, 6.45) is 3.68. The van der Waals surface area contributed by atoms with Crippen molar-refractivity contribution in [2.24, 2.45) is 5.92 Å². The molecule has 5 nitrogen and oxygen atoms in total. The molecule has 2 rings (SSSR count). The summed E-state index contributed by atoms with van der Waals surface area (Å²) in [6.45, 7) is 1.23. The van der Waals surface area contributed by atoms with Crippen LogP contribution in [0, 0.1) is 5.92 Å². The molecule has 0 unspecified atom stereocenters. The van der Waals surface area contributed by atoms with Crippen LogP contribution < -0.4 is 5.32 Å². The Labute approximate surface area is 128 Å². The Bertz CT molecular complexity index is 513. The molecule has 0 radical (unpaired) electrons. The van der Waals surface area contributed by atoms with E-state index in [2.05, 4.69) is 5.32 Å². The summed E-state index contributed by atoms with van der Waals surface area (Å²) in [5, 5.41) is 11.7. The molecule has 1 aromatic rings. The van der Waals surface area contributed by atoms with Gasteiger partial charge in [0.25, 0.3) is 0 Å². The van der Waals surface area contributed by atoms with E-state index in [0.717, 1.165) is 23.4 Å². The fourth-order valence-electron chi connectivity index (χ4n) is 2.53. The number of benzene rings is 1. The lowest BCUT2D eigenvalue weighted by atomic mass is 9.94. The summed E-state index contributed by atoms with van der Waals surface area (Å²) in [7, 11) is 0. The minimum absolute atomic E-state index is 0.106. The second-order valence-electron chi connectivity index (χ2n) is 5.16. The van der Waals surface area contributed by atoms with Crippen molar-refractivity contribution in [1.29, 1.82) is 0 Å². The van der Waals surface area contributed by atoms with Gasteiger partial charge in [-0.15, -0.1) is 11.8 Å². The number of nitrogens with zero attached hydrogens (tertiary/aromatic N) is 1. The highest BCUT2D eigenvalue weighted by Gasteiger charge is 2.24. The normalized spacial score (nSPS) is 15.8. The second kappa shape index (κ2) is 7.36. The summed E-state index contributed by atoms with van der Waals surface area (Å²) in [5.74, 6) is -0.572. The van der Waals surface area contributed by atoms with E-state index in [9.17, 15) is 9.59 Å². The molecule has 114 valence electrons. The molecule has 1 heterocycles. The van der Waals surface area contributed by atoms with Gasteiger partial charge in [-0.05, 0) is 37.1 Å². The first-order valence-electron chi connectivity index (χ1n) is 7.01. The number of likely N-dealkylation sites (tertiary alicyclic amines) is 1. The number of urea groups is 1. The Morgan fingerprint density at radius 1 is 1.33 bits per heavy atom. The van der Waals surface area contributed by atoms with Crippen molar-refractivity contribution < 1.29 is 14.7 Å². The standard InChI is InChI=1S/C15H20N2O3S/c1-21-13-5-3-2-4-12(13)16-15(20)17-8-6-11(7-9-17)10-14(18)19/h2-5,11H,6-10H2,1H3,(H,16,20)(H,18,19). The van der Waals surface area contributed by atoms with Crippen LogP contribution in [-0.2, 0) is 4.79 Å². The van der Waals surface area contributed by atoms with E-state index >= 15 is 0 Å². The predicted molar refractivity (Wildman–Crippen MR) is 83.8 cm³/mol. The summed E-state index contributed by atoms with van der Waals surface area (Å²) in [6, 6.07) is 7.60. The number of carbonyl (C=O) groups excluding carboxylic acids is 1. The monoisotopic (exact) mass is 308 g/mol. The van der Waals surface area contributed by atoms with Gasteiger partial charge in [-0.25, -0.2) is 4.79 Å². The van der Waals surface area contributed by atoms with Gasteiger partial charge in [0.05, 0.1) is 5.69 Å². The Hall–Kier alpha value is -1.69. The molecule has 1 fully saturated rings. The lowest BCUT2D eigenvalue weighted by Gasteiger charge is -2.31. The van der Waals surface area contributed by atoms with Crippen LogP contribution in [0.2, 0.25) is 0 Å². The zero-order chi connectivity index (χ0) is 15.2. The fourth-order valence-corrected chi connectivity index (χ4v) is 3.08. The highest BCUT2D eigenvalue weighted by molar-refractivity contribution is 7.98. The number of anilines is 1. The number of carboxylic acid groups (broad SMARTS) is 1. The molecule has 0 aliphatic carbocycles. The van der Waals surface area contributed by atoms with Gasteiger partial charge < -0.3 is 15.3 Å². The third-order valence-corrected chi connectivity index (χ3v) is 4.51. The van der Waals surface area contributed by atoms with Crippen LogP contribution in [-0.4, -0.2) is 41.4 Å². The largest absolute Gasteiger partial charge is 0.481 e. The van der Waals surface area contributed by atoms with Gasteiger partial charge in [0.2, 0.25) is 0 Å². The maximum absolute atomic E-state index is 12.3. The number of thioether (sulfide) groups is 1. The highest BCUT2D eigenvalue weighted by Crippen LogP contribution is 2.26. The minimum Gasteiger partial charge on any atom is -0.481 e. The quantitative estimate of drug-likeness (QED) is 0.838. The Morgan fingerprint density at radius 3 is 2.62 bits per heavy atom. The zero-order valence-corrected chi connectivity index (χ0v) is 12.9. The molecule has 1 aromatic carbocycles. The van der Waals surface area contributed by atoms with Crippen LogP contribution in [0.15, 0.2) is 29.2 Å². The van der Waals surface area contributed by atoms with E-state index in [1.165, 1.54) is 0 Å². The highest BCUT2D eigenvalue weighted by atomic mass is 32.2. The number of aliphatic carboxylic acids is 1. The zero-order valence-electron chi connectivity index (χ0n) is 12.0. The molecule has 2 N–H and O–H groups in total. The van der Waals surface area contributed by atoms with Crippen molar-refractivity contribution in [3.8, 4) is 0 Å². The minimum atomic E-state index is -0.758.